The second-order valence-corrected chi connectivity index (χ2v) is 4.65. The number of hydrogen-bond acceptors (Lipinski definition) is 2. The summed E-state index contributed by atoms with van der Waals surface area (Å²) in [5.74, 6) is -0.336. The van der Waals surface area contributed by atoms with Gasteiger partial charge in [-0.25, -0.2) is 4.39 Å². The van der Waals surface area contributed by atoms with E-state index in [1.54, 1.807) is 11.0 Å². The Morgan fingerprint density at radius 3 is 2.94 bits per heavy atom. The van der Waals surface area contributed by atoms with Gasteiger partial charge in [0.15, 0.2) is 0 Å². The van der Waals surface area contributed by atoms with Gasteiger partial charge >= 0.3 is 0 Å². The van der Waals surface area contributed by atoms with Gasteiger partial charge in [0.1, 0.15) is 5.82 Å². The normalized spacial score (nSPS) is 20.3. The summed E-state index contributed by atoms with van der Waals surface area (Å²) in [7, 11) is 0. The van der Waals surface area contributed by atoms with Crippen LogP contribution in [0.25, 0.3) is 0 Å². The van der Waals surface area contributed by atoms with E-state index in [4.69, 9.17) is 0 Å². The largest absolute Gasteiger partial charge is 0.308 e. The van der Waals surface area contributed by atoms with E-state index < -0.39 is 0 Å². The van der Waals surface area contributed by atoms with Crippen molar-refractivity contribution in [2.45, 2.75) is 32.7 Å². The molecule has 0 bridgehead atoms. The Labute approximate surface area is 107 Å². The van der Waals surface area contributed by atoms with E-state index in [1.165, 1.54) is 6.07 Å². The molecule has 0 aromatic heterocycles. The summed E-state index contributed by atoms with van der Waals surface area (Å²) >= 11 is 0. The van der Waals surface area contributed by atoms with E-state index in [0.29, 0.717) is 12.2 Å². The van der Waals surface area contributed by atoms with Crippen LogP contribution in [-0.2, 0) is 4.79 Å². The van der Waals surface area contributed by atoms with Crippen molar-refractivity contribution in [2.24, 2.45) is 0 Å². The van der Waals surface area contributed by atoms with E-state index in [-0.39, 0.29) is 17.8 Å². The van der Waals surface area contributed by atoms with E-state index >= 15 is 0 Å². The van der Waals surface area contributed by atoms with Crippen molar-refractivity contribution in [3.05, 3.63) is 29.6 Å². The maximum Gasteiger partial charge on any atom is 0.244 e. The maximum absolute atomic E-state index is 13.9. The van der Waals surface area contributed by atoms with E-state index in [9.17, 15) is 9.18 Å². The highest BCUT2D eigenvalue weighted by Crippen LogP contribution is 2.27. The lowest BCUT2D eigenvalue weighted by atomic mass is 10.0. The van der Waals surface area contributed by atoms with Gasteiger partial charge in [-0.3, -0.25) is 4.79 Å². The average molecular weight is 250 g/mol. The Bertz CT molecular complexity index is 425. The number of nitrogens with one attached hydrogen (secondary N) is 1. The van der Waals surface area contributed by atoms with Crippen LogP contribution in [0.1, 0.15) is 25.3 Å². The van der Waals surface area contributed by atoms with Gasteiger partial charge in [-0.2, -0.15) is 0 Å². The van der Waals surface area contributed by atoms with Crippen LogP contribution in [0, 0.1) is 12.7 Å². The fourth-order valence-electron chi connectivity index (χ4n) is 2.50. The van der Waals surface area contributed by atoms with Crippen LogP contribution in [0.4, 0.5) is 10.1 Å². The predicted molar refractivity (Wildman–Crippen MR) is 70.2 cm³/mol. The average Bonchev–Trinajstić information content (AvgIpc) is 2.33. The van der Waals surface area contributed by atoms with E-state index in [1.807, 2.05) is 19.9 Å². The maximum atomic E-state index is 13.9. The number of benzene rings is 1. The minimum atomic E-state index is -0.319. The van der Waals surface area contributed by atoms with Crippen molar-refractivity contribution in [1.82, 2.24) is 5.32 Å². The summed E-state index contributed by atoms with van der Waals surface area (Å²) < 4.78 is 13.9. The second kappa shape index (κ2) is 5.48. The third kappa shape index (κ3) is 2.38. The highest BCUT2D eigenvalue weighted by molar-refractivity contribution is 5.98. The van der Waals surface area contributed by atoms with Gasteiger partial charge in [0.25, 0.3) is 0 Å². The summed E-state index contributed by atoms with van der Waals surface area (Å²) in [5, 5.41) is 3.16. The molecule has 1 aliphatic rings. The van der Waals surface area contributed by atoms with Crippen molar-refractivity contribution in [3.63, 3.8) is 0 Å². The SMILES string of the molecule is CCNC1CCCN(c2c(C)cccc2F)C1=O. The highest BCUT2D eigenvalue weighted by atomic mass is 19.1. The van der Waals surface area contributed by atoms with Crippen molar-refractivity contribution in [2.75, 3.05) is 18.0 Å². The molecule has 4 heteroatoms. The molecule has 1 unspecified atom stereocenters. The summed E-state index contributed by atoms with van der Waals surface area (Å²) in [4.78, 5) is 13.9. The number of anilines is 1. The van der Waals surface area contributed by atoms with Gasteiger partial charge < -0.3 is 10.2 Å². The first-order valence-electron chi connectivity index (χ1n) is 6.45. The molecule has 2 rings (SSSR count). The molecule has 1 fully saturated rings. The first-order chi connectivity index (χ1) is 8.65. The molecule has 1 heterocycles. The molecular weight excluding hydrogens is 231 g/mol. The molecule has 0 saturated carbocycles. The van der Waals surface area contributed by atoms with Crippen LogP contribution >= 0.6 is 0 Å². The molecule has 98 valence electrons. The lowest BCUT2D eigenvalue weighted by Gasteiger charge is -2.33. The van der Waals surface area contributed by atoms with Crippen LogP contribution in [0.2, 0.25) is 0 Å². The van der Waals surface area contributed by atoms with E-state index in [2.05, 4.69) is 5.32 Å². The summed E-state index contributed by atoms with van der Waals surface area (Å²) in [5.41, 5.74) is 1.24. The Hall–Kier alpha value is -1.42. The number of hydrogen-bond donors (Lipinski definition) is 1. The van der Waals surface area contributed by atoms with Crippen molar-refractivity contribution < 1.29 is 9.18 Å². The number of carbonyl (C=O) groups is 1. The molecular formula is C14H19FN2O. The molecule has 1 aromatic rings. The first kappa shape index (κ1) is 13.0. The smallest absolute Gasteiger partial charge is 0.244 e. The molecule has 1 saturated heterocycles. The minimum Gasteiger partial charge on any atom is -0.308 e. The molecule has 0 spiro atoms. The predicted octanol–water partition coefficient (Wildman–Crippen LogP) is 2.24. The van der Waals surface area contributed by atoms with Crippen LogP contribution in [0.15, 0.2) is 18.2 Å². The number of rotatable bonds is 3. The number of para-hydroxylation sites is 1. The monoisotopic (exact) mass is 250 g/mol. The van der Waals surface area contributed by atoms with Crippen LogP contribution in [0.5, 0.6) is 0 Å². The van der Waals surface area contributed by atoms with Crippen LogP contribution in [0.3, 0.4) is 0 Å². The molecule has 1 aromatic carbocycles. The van der Waals surface area contributed by atoms with Gasteiger partial charge in [-0.1, -0.05) is 19.1 Å². The summed E-state index contributed by atoms with van der Waals surface area (Å²) in [6.07, 6.45) is 1.73. The van der Waals surface area contributed by atoms with Gasteiger partial charge in [0.2, 0.25) is 5.91 Å². The zero-order chi connectivity index (χ0) is 13.1. The zero-order valence-electron chi connectivity index (χ0n) is 10.9. The quantitative estimate of drug-likeness (QED) is 0.892. The molecule has 1 aliphatic heterocycles. The van der Waals surface area contributed by atoms with Crippen molar-refractivity contribution in [3.8, 4) is 0 Å². The molecule has 18 heavy (non-hydrogen) atoms. The van der Waals surface area contributed by atoms with Crippen molar-refractivity contribution in [1.29, 1.82) is 0 Å². The second-order valence-electron chi connectivity index (χ2n) is 4.65. The Morgan fingerprint density at radius 2 is 2.28 bits per heavy atom. The van der Waals surface area contributed by atoms with Crippen molar-refractivity contribution >= 4 is 11.6 Å². The Morgan fingerprint density at radius 1 is 1.50 bits per heavy atom. The third-order valence-electron chi connectivity index (χ3n) is 3.35. The van der Waals surface area contributed by atoms with Crippen LogP contribution in [-0.4, -0.2) is 25.0 Å². The van der Waals surface area contributed by atoms with Gasteiger partial charge in [-0.15, -0.1) is 0 Å². The van der Waals surface area contributed by atoms with Crippen LogP contribution < -0.4 is 10.2 Å². The summed E-state index contributed by atoms with van der Waals surface area (Å²) in [6, 6.07) is 4.74. The molecule has 1 amide bonds. The fraction of sp³-hybridized carbons (Fsp3) is 0.500. The number of halogens is 1. The fourth-order valence-corrected chi connectivity index (χ4v) is 2.50. The number of nitrogens with zero attached hydrogens (tertiary/aromatic N) is 1. The van der Waals surface area contributed by atoms with E-state index in [0.717, 1.165) is 24.9 Å². The van der Waals surface area contributed by atoms with Gasteiger partial charge in [0.05, 0.1) is 11.7 Å². The molecule has 1 N–H and O–H groups in total. The Balaban J connectivity index is 2.29. The first-order valence-corrected chi connectivity index (χ1v) is 6.45. The molecule has 3 nitrogen and oxygen atoms in total. The molecule has 0 aliphatic carbocycles. The minimum absolute atomic E-state index is 0.0173. The highest BCUT2D eigenvalue weighted by Gasteiger charge is 2.30. The number of carbonyl (C=O) groups excluding carboxylic acids is 1. The number of likely N-dealkylation sites (N-methyl/N-ethyl adjacent to an activating group) is 1. The lowest BCUT2D eigenvalue weighted by molar-refractivity contribution is -0.121. The standard InChI is InChI=1S/C14H19FN2O/c1-3-16-12-8-5-9-17(14(12)18)13-10(2)6-4-7-11(13)15/h4,6-7,12,16H,3,5,8-9H2,1-2H3. The molecule has 1 atom stereocenters. The zero-order valence-corrected chi connectivity index (χ0v) is 10.9. The third-order valence-corrected chi connectivity index (χ3v) is 3.35. The number of amides is 1. The summed E-state index contributed by atoms with van der Waals surface area (Å²) in [6.45, 7) is 5.16. The number of aryl methyl sites for hydroxylation is 1. The van der Waals surface area contributed by atoms with Gasteiger partial charge in [0, 0.05) is 6.54 Å². The number of piperidine rings is 1. The van der Waals surface area contributed by atoms with Gasteiger partial charge in [-0.05, 0) is 37.9 Å². The molecule has 0 radical (unpaired) electrons. The Kier molecular flexibility index (Phi) is 3.97. The lowest BCUT2D eigenvalue weighted by Crippen LogP contribution is -2.51. The topological polar surface area (TPSA) is 32.3 Å².